The molecule has 0 N–H and O–H groups in total. The van der Waals surface area contributed by atoms with E-state index in [-0.39, 0.29) is 6.54 Å². The van der Waals surface area contributed by atoms with Crippen molar-refractivity contribution in [3.63, 3.8) is 0 Å². The molecule has 2 heterocycles. The van der Waals surface area contributed by atoms with Crippen molar-refractivity contribution in [1.82, 2.24) is 4.31 Å². The van der Waals surface area contributed by atoms with Crippen LogP contribution in [-0.4, -0.2) is 44.6 Å². The summed E-state index contributed by atoms with van der Waals surface area (Å²) in [5, 5.41) is 2.10. The zero-order valence-electron chi connectivity index (χ0n) is 15.7. The summed E-state index contributed by atoms with van der Waals surface area (Å²) in [4.78, 5) is 12.6. The van der Waals surface area contributed by atoms with Crippen molar-refractivity contribution in [1.29, 1.82) is 0 Å². The van der Waals surface area contributed by atoms with Gasteiger partial charge in [0.25, 0.3) is 0 Å². The molecule has 0 amide bonds. The molecule has 27 heavy (non-hydrogen) atoms. The van der Waals surface area contributed by atoms with Gasteiger partial charge in [0.15, 0.2) is 5.75 Å². The van der Waals surface area contributed by atoms with Crippen LogP contribution >= 0.6 is 11.3 Å². The van der Waals surface area contributed by atoms with E-state index in [1.165, 1.54) is 33.0 Å². The maximum atomic E-state index is 12.3. The summed E-state index contributed by atoms with van der Waals surface area (Å²) in [7, 11) is -2.44. The first-order valence-electron chi connectivity index (χ1n) is 8.71. The van der Waals surface area contributed by atoms with Gasteiger partial charge in [-0.1, -0.05) is 24.3 Å². The molecular weight excluding hydrogens is 382 g/mol. The van der Waals surface area contributed by atoms with Gasteiger partial charge in [-0.05, 0) is 59.5 Å². The number of benzene rings is 1. The zero-order valence-corrected chi connectivity index (χ0v) is 17.3. The highest BCUT2D eigenvalue weighted by Gasteiger charge is 2.27. The summed E-state index contributed by atoms with van der Waals surface area (Å²) in [5.74, 6) is -1.35. The fourth-order valence-electron chi connectivity index (χ4n) is 3.23. The summed E-state index contributed by atoms with van der Waals surface area (Å²) < 4.78 is 30.3. The van der Waals surface area contributed by atoms with Crippen LogP contribution in [0.2, 0.25) is 0 Å². The molecule has 2 aromatic rings. The van der Waals surface area contributed by atoms with Gasteiger partial charge in [-0.3, -0.25) is 4.79 Å². The third-order valence-electron chi connectivity index (χ3n) is 4.80. The Balaban J connectivity index is 1.77. The molecule has 0 saturated heterocycles. The monoisotopic (exact) mass is 405 g/mol. The van der Waals surface area contributed by atoms with Crippen molar-refractivity contribution >= 4 is 32.9 Å². The number of thiophene rings is 1. The number of methoxy groups -OCH3 is 1. The molecule has 0 spiro atoms. The van der Waals surface area contributed by atoms with E-state index in [9.17, 15) is 13.2 Å². The Bertz CT molecular complexity index is 989. The van der Waals surface area contributed by atoms with E-state index < -0.39 is 21.7 Å². The lowest BCUT2D eigenvalue weighted by molar-refractivity contribution is -0.137. The molecule has 0 bridgehead atoms. The Labute approximate surface area is 164 Å². The van der Waals surface area contributed by atoms with Crippen LogP contribution in [0.25, 0.3) is 16.0 Å². The Kier molecular flexibility index (Phi) is 5.83. The second-order valence-electron chi connectivity index (χ2n) is 6.63. The number of hydrogen-bond acceptors (Lipinski definition) is 5. The van der Waals surface area contributed by atoms with Crippen molar-refractivity contribution in [3.05, 3.63) is 52.4 Å². The average Bonchev–Trinajstić information content (AvgIpc) is 3.07. The largest absolute Gasteiger partial charge is 0.468 e. The van der Waals surface area contributed by atoms with Crippen molar-refractivity contribution in [2.24, 2.45) is 0 Å². The number of ether oxygens (including phenoxy) is 1. The number of aryl methyl sites for hydroxylation is 2. The summed E-state index contributed by atoms with van der Waals surface area (Å²) in [6.07, 6.45) is 2.56. The van der Waals surface area contributed by atoms with Crippen LogP contribution in [0.3, 0.4) is 0 Å². The Morgan fingerprint density at radius 1 is 1.22 bits per heavy atom. The van der Waals surface area contributed by atoms with Crippen molar-refractivity contribution < 1.29 is 17.9 Å². The van der Waals surface area contributed by atoms with E-state index in [1.807, 2.05) is 6.08 Å². The Morgan fingerprint density at radius 3 is 2.56 bits per heavy atom. The molecule has 1 aliphatic heterocycles. The first-order chi connectivity index (χ1) is 12.8. The van der Waals surface area contributed by atoms with E-state index in [0.29, 0.717) is 13.0 Å². The van der Waals surface area contributed by atoms with Crippen LogP contribution in [0.15, 0.2) is 35.7 Å². The number of rotatable bonds is 5. The predicted molar refractivity (Wildman–Crippen MR) is 109 cm³/mol. The Hall–Kier alpha value is -1.96. The number of carbonyl (C=O) groups excluding carboxylic acids is 1. The second-order valence-corrected chi connectivity index (χ2v) is 9.52. The van der Waals surface area contributed by atoms with Crippen molar-refractivity contribution in [2.45, 2.75) is 20.3 Å². The van der Waals surface area contributed by atoms with Gasteiger partial charge >= 0.3 is 5.97 Å². The molecule has 1 aliphatic rings. The molecule has 0 fully saturated rings. The van der Waals surface area contributed by atoms with E-state index in [4.69, 9.17) is 0 Å². The highest BCUT2D eigenvalue weighted by atomic mass is 32.2. The molecule has 0 radical (unpaired) electrons. The first kappa shape index (κ1) is 19.8. The third-order valence-corrected chi connectivity index (χ3v) is 7.57. The van der Waals surface area contributed by atoms with E-state index in [2.05, 4.69) is 48.2 Å². The van der Waals surface area contributed by atoms with Gasteiger partial charge in [0.1, 0.15) is 0 Å². The molecule has 0 aliphatic carbocycles. The standard InChI is InChI=1S/C20H23NO4S2/c1-14-8-11-26-20(14)18-5-4-17(12-15(18)2)16-6-9-21(10-7-16)27(23,24)13-19(22)25-3/h4-6,8,11-12H,7,9-10,13H2,1-3H3. The van der Waals surface area contributed by atoms with Crippen molar-refractivity contribution in [3.8, 4) is 10.4 Å². The topological polar surface area (TPSA) is 63.7 Å². The van der Waals surface area contributed by atoms with Gasteiger partial charge < -0.3 is 4.74 Å². The normalized spacial score (nSPS) is 15.4. The minimum absolute atomic E-state index is 0.277. The molecule has 0 saturated carbocycles. The van der Waals surface area contributed by atoms with Crippen LogP contribution < -0.4 is 0 Å². The lowest BCUT2D eigenvalue weighted by Crippen LogP contribution is -2.38. The number of nitrogens with zero attached hydrogens (tertiary/aromatic N) is 1. The van der Waals surface area contributed by atoms with Gasteiger partial charge in [0.05, 0.1) is 7.11 Å². The molecule has 1 aromatic heterocycles. The lowest BCUT2D eigenvalue weighted by Gasteiger charge is -2.25. The molecule has 144 valence electrons. The fraction of sp³-hybridized carbons (Fsp3) is 0.350. The number of carbonyl (C=O) groups is 1. The molecule has 3 rings (SSSR count). The summed E-state index contributed by atoms with van der Waals surface area (Å²) >= 11 is 1.74. The molecule has 1 aromatic carbocycles. The lowest BCUT2D eigenvalue weighted by atomic mass is 9.95. The molecule has 0 atom stereocenters. The Morgan fingerprint density at radius 2 is 2.00 bits per heavy atom. The zero-order chi connectivity index (χ0) is 19.6. The van der Waals surface area contributed by atoms with Crippen LogP contribution in [-0.2, 0) is 19.6 Å². The van der Waals surface area contributed by atoms with Gasteiger partial charge in [-0.25, -0.2) is 8.42 Å². The average molecular weight is 406 g/mol. The number of hydrogen-bond donors (Lipinski definition) is 0. The van der Waals surface area contributed by atoms with Gasteiger partial charge in [0.2, 0.25) is 10.0 Å². The van der Waals surface area contributed by atoms with Gasteiger partial charge in [-0.2, -0.15) is 4.31 Å². The van der Waals surface area contributed by atoms with Crippen LogP contribution in [0.5, 0.6) is 0 Å². The highest BCUT2D eigenvalue weighted by Crippen LogP contribution is 2.34. The minimum atomic E-state index is -3.63. The SMILES string of the molecule is COC(=O)CS(=O)(=O)N1CC=C(c2ccc(-c3sccc3C)c(C)c2)CC1. The smallest absolute Gasteiger partial charge is 0.322 e. The molecule has 0 unspecified atom stereocenters. The minimum Gasteiger partial charge on any atom is -0.468 e. The fourth-order valence-corrected chi connectivity index (χ4v) is 5.52. The second kappa shape index (κ2) is 7.96. The van der Waals surface area contributed by atoms with Crippen LogP contribution in [0.1, 0.15) is 23.1 Å². The highest BCUT2D eigenvalue weighted by molar-refractivity contribution is 7.89. The predicted octanol–water partition coefficient (Wildman–Crippen LogP) is 3.62. The summed E-state index contributed by atoms with van der Waals surface area (Å²) in [5.41, 5.74) is 5.98. The van der Waals surface area contributed by atoms with E-state index in [0.717, 1.165) is 11.1 Å². The maximum absolute atomic E-state index is 12.3. The molecule has 7 heteroatoms. The maximum Gasteiger partial charge on any atom is 0.322 e. The third kappa shape index (κ3) is 4.31. The van der Waals surface area contributed by atoms with E-state index >= 15 is 0 Å². The molecule has 5 nitrogen and oxygen atoms in total. The van der Waals surface area contributed by atoms with Crippen LogP contribution in [0.4, 0.5) is 0 Å². The van der Waals surface area contributed by atoms with Gasteiger partial charge in [0, 0.05) is 18.0 Å². The van der Waals surface area contributed by atoms with Crippen molar-refractivity contribution in [2.75, 3.05) is 26.0 Å². The van der Waals surface area contributed by atoms with E-state index in [1.54, 1.807) is 11.3 Å². The first-order valence-corrected chi connectivity index (χ1v) is 11.2. The summed E-state index contributed by atoms with van der Waals surface area (Å²) in [6, 6.07) is 8.54. The van der Waals surface area contributed by atoms with Crippen LogP contribution in [0, 0.1) is 13.8 Å². The quantitative estimate of drug-likeness (QED) is 0.713. The van der Waals surface area contributed by atoms with Gasteiger partial charge in [-0.15, -0.1) is 11.3 Å². The summed E-state index contributed by atoms with van der Waals surface area (Å²) in [6.45, 7) is 4.87. The number of esters is 1. The number of sulfonamides is 1. The molecular formula is C20H23NO4S2.